The van der Waals surface area contributed by atoms with Gasteiger partial charge in [0.1, 0.15) is 0 Å². The second kappa shape index (κ2) is 7.87. The smallest absolute Gasteiger partial charge is 0.416 e. The van der Waals surface area contributed by atoms with E-state index in [1.54, 1.807) is 0 Å². The Balaban J connectivity index is 2.02. The Labute approximate surface area is 159 Å². The molecule has 9 heteroatoms. The number of anilines is 1. The molecule has 0 bridgehead atoms. The van der Waals surface area contributed by atoms with Crippen molar-refractivity contribution in [2.24, 2.45) is 4.99 Å². The lowest BCUT2D eigenvalue weighted by molar-refractivity contribution is -0.385. The summed E-state index contributed by atoms with van der Waals surface area (Å²) in [5.41, 5.74) is -0.580. The fourth-order valence-electron chi connectivity index (χ4n) is 3.09. The minimum atomic E-state index is -4.53. The van der Waals surface area contributed by atoms with Gasteiger partial charge in [-0.15, -0.1) is 0 Å². The third-order valence-corrected chi connectivity index (χ3v) is 4.55. The first-order valence-electron chi connectivity index (χ1n) is 8.71. The summed E-state index contributed by atoms with van der Waals surface area (Å²) in [4.78, 5) is 16.3. The first-order chi connectivity index (χ1) is 13.3. The lowest BCUT2D eigenvalue weighted by Gasteiger charge is -2.30. The zero-order chi connectivity index (χ0) is 20.3. The Bertz CT molecular complexity index is 907. The van der Waals surface area contributed by atoms with Gasteiger partial charge in [-0.1, -0.05) is 11.8 Å². The molecule has 28 heavy (non-hydrogen) atoms. The normalized spacial score (nSPS) is 15.2. The molecule has 1 aliphatic rings. The van der Waals surface area contributed by atoms with Crippen LogP contribution in [0, 0.1) is 10.1 Å². The van der Waals surface area contributed by atoms with Gasteiger partial charge in [-0.2, -0.15) is 13.2 Å². The number of halogens is 3. The van der Waals surface area contributed by atoms with E-state index in [9.17, 15) is 28.4 Å². The SMILES string of the molecule is O=[N+]([O-])c1ccc([O-])c(C=Nc2cc(C(F)(F)F)ccc2N2CCCCC2)c1. The summed E-state index contributed by atoms with van der Waals surface area (Å²) in [6.45, 7) is 1.41. The lowest BCUT2D eigenvalue weighted by atomic mass is 10.1. The zero-order valence-corrected chi connectivity index (χ0v) is 14.8. The largest absolute Gasteiger partial charge is 0.872 e. The Hall–Kier alpha value is -3.10. The molecule has 0 spiro atoms. The Morgan fingerprint density at radius 2 is 1.79 bits per heavy atom. The van der Waals surface area contributed by atoms with Crippen LogP contribution in [0.1, 0.15) is 30.4 Å². The quantitative estimate of drug-likeness (QED) is 0.438. The number of piperidine rings is 1. The van der Waals surface area contributed by atoms with Gasteiger partial charge in [0.2, 0.25) is 0 Å². The Kier molecular flexibility index (Phi) is 5.53. The summed E-state index contributed by atoms with van der Waals surface area (Å²) >= 11 is 0. The highest BCUT2D eigenvalue weighted by Gasteiger charge is 2.31. The molecule has 1 aliphatic heterocycles. The van der Waals surface area contributed by atoms with Crippen LogP contribution >= 0.6 is 0 Å². The number of alkyl halides is 3. The molecule has 2 aromatic carbocycles. The van der Waals surface area contributed by atoms with Gasteiger partial charge in [0.15, 0.2) is 0 Å². The molecule has 1 heterocycles. The number of non-ortho nitro benzene ring substituents is 1. The number of nitrogens with zero attached hydrogens (tertiary/aromatic N) is 3. The van der Waals surface area contributed by atoms with Crippen molar-refractivity contribution < 1.29 is 23.2 Å². The molecule has 0 amide bonds. The maximum absolute atomic E-state index is 13.1. The Morgan fingerprint density at radius 1 is 1.07 bits per heavy atom. The highest BCUT2D eigenvalue weighted by Crippen LogP contribution is 2.37. The van der Waals surface area contributed by atoms with E-state index in [0.717, 1.165) is 55.8 Å². The van der Waals surface area contributed by atoms with Crippen molar-refractivity contribution in [3.05, 3.63) is 57.6 Å². The standard InChI is InChI=1S/C19H18F3N3O3/c20-19(21,22)14-4-6-17(24-8-2-1-3-9-24)16(11-14)23-12-13-10-15(25(27)28)5-7-18(13)26/h4-7,10-12,26H,1-3,8-9H2/p-1. The summed E-state index contributed by atoms with van der Waals surface area (Å²) in [5, 5.41) is 22.8. The van der Waals surface area contributed by atoms with E-state index in [0.29, 0.717) is 18.8 Å². The molecule has 1 fully saturated rings. The molecule has 0 atom stereocenters. The molecule has 0 unspecified atom stereocenters. The van der Waals surface area contributed by atoms with Crippen molar-refractivity contribution in [1.82, 2.24) is 0 Å². The van der Waals surface area contributed by atoms with Crippen molar-refractivity contribution in [1.29, 1.82) is 0 Å². The predicted molar refractivity (Wildman–Crippen MR) is 97.3 cm³/mol. The highest BCUT2D eigenvalue weighted by molar-refractivity contribution is 5.88. The predicted octanol–water partition coefficient (Wildman–Crippen LogP) is 4.43. The second-order valence-electron chi connectivity index (χ2n) is 6.49. The van der Waals surface area contributed by atoms with Crippen molar-refractivity contribution in [2.75, 3.05) is 18.0 Å². The second-order valence-corrected chi connectivity index (χ2v) is 6.49. The summed E-state index contributed by atoms with van der Waals surface area (Å²) < 4.78 is 39.4. The molecule has 0 N–H and O–H groups in total. The monoisotopic (exact) mass is 392 g/mol. The van der Waals surface area contributed by atoms with Crippen LogP contribution in [0.25, 0.3) is 0 Å². The molecule has 3 rings (SSSR count). The highest BCUT2D eigenvalue weighted by atomic mass is 19.4. The molecular formula is C19H17F3N3O3-. The van der Waals surface area contributed by atoms with Crippen LogP contribution < -0.4 is 10.0 Å². The molecule has 0 radical (unpaired) electrons. The maximum Gasteiger partial charge on any atom is 0.416 e. The number of hydrogen-bond acceptors (Lipinski definition) is 5. The molecule has 148 valence electrons. The van der Waals surface area contributed by atoms with Gasteiger partial charge >= 0.3 is 6.18 Å². The van der Waals surface area contributed by atoms with E-state index in [4.69, 9.17) is 0 Å². The van der Waals surface area contributed by atoms with Crippen molar-refractivity contribution in [3.63, 3.8) is 0 Å². The average Bonchev–Trinajstić information content (AvgIpc) is 2.67. The molecular weight excluding hydrogens is 375 g/mol. The van der Waals surface area contributed by atoms with Gasteiger partial charge in [-0.05, 0) is 43.0 Å². The number of rotatable bonds is 4. The van der Waals surface area contributed by atoms with Crippen molar-refractivity contribution in [2.45, 2.75) is 25.4 Å². The molecule has 6 nitrogen and oxygen atoms in total. The topological polar surface area (TPSA) is 81.8 Å². The van der Waals surface area contributed by atoms with E-state index < -0.39 is 22.4 Å². The third kappa shape index (κ3) is 4.41. The summed E-state index contributed by atoms with van der Waals surface area (Å²) in [6.07, 6.45) is -0.527. The van der Waals surface area contributed by atoms with Crippen molar-refractivity contribution >= 4 is 23.3 Å². The third-order valence-electron chi connectivity index (χ3n) is 4.55. The van der Waals surface area contributed by atoms with Crippen LogP contribution in [-0.2, 0) is 6.18 Å². The molecule has 0 aromatic heterocycles. The van der Waals surface area contributed by atoms with Gasteiger partial charge in [-0.25, -0.2) is 0 Å². The first-order valence-corrected chi connectivity index (χ1v) is 8.71. The van der Waals surface area contributed by atoms with Gasteiger partial charge in [0, 0.05) is 31.4 Å². The zero-order valence-electron chi connectivity index (χ0n) is 14.8. The molecule has 0 saturated carbocycles. The summed E-state index contributed by atoms with van der Waals surface area (Å²) in [6, 6.07) is 6.49. The number of hydrogen-bond donors (Lipinski definition) is 0. The van der Waals surface area contributed by atoms with Gasteiger partial charge in [-0.3, -0.25) is 15.1 Å². The van der Waals surface area contributed by atoms with E-state index in [2.05, 4.69) is 4.99 Å². The van der Waals surface area contributed by atoms with Crippen LogP contribution in [0.3, 0.4) is 0 Å². The van der Waals surface area contributed by atoms with E-state index >= 15 is 0 Å². The number of nitro groups is 1. The molecule has 1 saturated heterocycles. The Morgan fingerprint density at radius 3 is 2.43 bits per heavy atom. The average molecular weight is 392 g/mol. The number of aliphatic imine (C=N–C) groups is 1. The summed E-state index contributed by atoms with van der Waals surface area (Å²) in [7, 11) is 0. The summed E-state index contributed by atoms with van der Waals surface area (Å²) in [5.74, 6) is -0.499. The number of benzene rings is 2. The first kappa shape index (κ1) is 19.7. The fourth-order valence-corrected chi connectivity index (χ4v) is 3.09. The minimum Gasteiger partial charge on any atom is -0.872 e. The molecule has 2 aromatic rings. The van der Waals surface area contributed by atoms with Crippen molar-refractivity contribution in [3.8, 4) is 5.75 Å². The van der Waals surface area contributed by atoms with E-state index in [1.165, 1.54) is 6.07 Å². The van der Waals surface area contributed by atoms with Crippen LogP contribution in [0.2, 0.25) is 0 Å². The fraction of sp³-hybridized carbons (Fsp3) is 0.316. The lowest BCUT2D eigenvalue weighted by Crippen LogP contribution is -2.29. The number of nitro benzene ring substituents is 1. The van der Waals surface area contributed by atoms with E-state index in [-0.39, 0.29) is 16.9 Å². The minimum absolute atomic E-state index is 0.0591. The van der Waals surface area contributed by atoms with Crippen LogP contribution in [0.5, 0.6) is 5.75 Å². The molecule has 0 aliphatic carbocycles. The maximum atomic E-state index is 13.1. The van der Waals surface area contributed by atoms with E-state index in [1.807, 2.05) is 4.90 Å². The van der Waals surface area contributed by atoms with Gasteiger partial charge < -0.3 is 10.0 Å². The van der Waals surface area contributed by atoms with Crippen LogP contribution in [0.15, 0.2) is 41.4 Å². The van der Waals surface area contributed by atoms with Crippen LogP contribution in [0.4, 0.5) is 30.2 Å². The van der Waals surface area contributed by atoms with Gasteiger partial charge in [0.05, 0.1) is 21.9 Å². The van der Waals surface area contributed by atoms with Gasteiger partial charge in [0.25, 0.3) is 5.69 Å². The van der Waals surface area contributed by atoms with Crippen LogP contribution in [-0.4, -0.2) is 24.2 Å².